The molecular formula is C22H31N5O3S. The molecular weight excluding hydrogens is 414 g/mol. The number of rotatable bonds is 3. The number of carbonyl (C=O) groups excluding carboxylic acids is 2. The van der Waals surface area contributed by atoms with Gasteiger partial charge in [-0.2, -0.15) is 5.10 Å². The van der Waals surface area contributed by atoms with Crippen molar-refractivity contribution >= 4 is 28.5 Å². The lowest BCUT2D eigenvalue weighted by Crippen LogP contribution is -2.39. The molecule has 2 aromatic rings. The lowest BCUT2D eigenvalue weighted by Gasteiger charge is -2.29. The van der Waals surface area contributed by atoms with E-state index in [0.29, 0.717) is 36.3 Å². The average molecular weight is 446 g/mol. The minimum atomic E-state index is -0.528. The summed E-state index contributed by atoms with van der Waals surface area (Å²) in [4.78, 5) is 32.8. The van der Waals surface area contributed by atoms with Crippen LogP contribution in [0.25, 0.3) is 0 Å². The van der Waals surface area contributed by atoms with Gasteiger partial charge in [0.1, 0.15) is 11.3 Å². The van der Waals surface area contributed by atoms with E-state index in [4.69, 9.17) is 9.84 Å². The second-order valence-corrected chi connectivity index (χ2v) is 11.4. The maximum absolute atomic E-state index is 13.1. The SMILES string of the molecule is CC(C)(C)OC(=O)N1CCc2nc(NC(=O)c3cc(C4CC4)nn3C(C)(C)C)sc2C1. The number of carbonyl (C=O) groups is 2. The Morgan fingerprint density at radius 2 is 1.90 bits per heavy atom. The molecule has 0 saturated heterocycles. The van der Waals surface area contributed by atoms with Crippen molar-refractivity contribution in [1.29, 1.82) is 0 Å². The molecule has 0 spiro atoms. The molecule has 0 aromatic carbocycles. The van der Waals surface area contributed by atoms with E-state index in [0.717, 1.165) is 29.1 Å². The average Bonchev–Trinajstić information content (AvgIpc) is 3.24. The Morgan fingerprint density at radius 3 is 2.52 bits per heavy atom. The summed E-state index contributed by atoms with van der Waals surface area (Å²) in [5.41, 5.74) is 1.66. The zero-order chi connectivity index (χ0) is 22.6. The van der Waals surface area contributed by atoms with Crippen LogP contribution in [0.1, 0.15) is 87.1 Å². The largest absolute Gasteiger partial charge is 0.444 e. The molecule has 3 heterocycles. The summed E-state index contributed by atoms with van der Waals surface area (Å²) < 4.78 is 7.30. The van der Waals surface area contributed by atoms with E-state index in [9.17, 15) is 9.59 Å². The number of hydrogen-bond acceptors (Lipinski definition) is 6. The van der Waals surface area contributed by atoms with Crippen LogP contribution >= 0.6 is 11.3 Å². The van der Waals surface area contributed by atoms with Crippen LogP contribution in [0.3, 0.4) is 0 Å². The van der Waals surface area contributed by atoms with E-state index in [-0.39, 0.29) is 17.5 Å². The number of hydrogen-bond donors (Lipinski definition) is 1. The van der Waals surface area contributed by atoms with Gasteiger partial charge >= 0.3 is 6.09 Å². The molecule has 1 N–H and O–H groups in total. The molecule has 2 amide bonds. The van der Waals surface area contributed by atoms with Crippen LogP contribution < -0.4 is 5.32 Å². The predicted octanol–water partition coefficient (Wildman–Crippen LogP) is 4.52. The highest BCUT2D eigenvalue weighted by atomic mass is 32.1. The van der Waals surface area contributed by atoms with E-state index < -0.39 is 5.60 Å². The number of nitrogens with one attached hydrogen (secondary N) is 1. The van der Waals surface area contributed by atoms with Crippen molar-refractivity contribution in [2.24, 2.45) is 0 Å². The first-order chi connectivity index (χ1) is 14.4. The first-order valence-electron chi connectivity index (χ1n) is 10.8. The van der Waals surface area contributed by atoms with Crippen molar-refractivity contribution < 1.29 is 14.3 Å². The topological polar surface area (TPSA) is 89.3 Å². The second kappa shape index (κ2) is 7.62. The van der Waals surface area contributed by atoms with Gasteiger partial charge < -0.3 is 9.64 Å². The van der Waals surface area contributed by atoms with E-state index in [1.165, 1.54) is 11.3 Å². The summed E-state index contributed by atoms with van der Waals surface area (Å²) in [5.74, 6) is 0.269. The summed E-state index contributed by atoms with van der Waals surface area (Å²) in [5, 5.41) is 8.22. The fourth-order valence-corrected chi connectivity index (χ4v) is 4.56. The van der Waals surface area contributed by atoms with Crippen LogP contribution in [0.4, 0.5) is 9.93 Å². The van der Waals surface area contributed by atoms with Crippen LogP contribution in [0, 0.1) is 0 Å². The molecule has 0 radical (unpaired) electrons. The van der Waals surface area contributed by atoms with Gasteiger partial charge in [-0.1, -0.05) is 11.3 Å². The number of fused-ring (bicyclic) bond motifs is 1. The highest BCUT2D eigenvalue weighted by Gasteiger charge is 2.32. The first kappa shape index (κ1) is 21.8. The monoisotopic (exact) mass is 445 g/mol. The molecule has 0 atom stereocenters. The smallest absolute Gasteiger partial charge is 0.410 e. The maximum Gasteiger partial charge on any atom is 0.410 e. The van der Waals surface area contributed by atoms with Gasteiger partial charge in [-0.25, -0.2) is 9.78 Å². The number of nitrogens with zero attached hydrogens (tertiary/aromatic N) is 4. The van der Waals surface area contributed by atoms with Crippen LogP contribution in [0.15, 0.2) is 6.07 Å². The van der Waals surface area contributed by atoms with Crippen LogP contribution in [-0.4, -0.2) is 43.8 Å². The Hall–Kier alpha value is -2.42. The quantitative estimate of drug-likeness (QED) is 0.750. The Labute approximate surface area is 187 Å². The highest BCUT2D eigenvalue weighted by molar-refractivity contribution is 7.15. The van der Waals surface area contributed by atoms with Gasteiger partial charge in [0.2, 0.25) is 0 Å². The molecule has 9 heteroatoms. The van der Waals surface area contributed by atoms with Crippen LogP contribution in [-0.2, 0) is 23.2 Å². The lowest BCUT2D eigenvalue weighted by molar-refractivity contribution is 0.0225. The molecule has 2 aliphatic rings. The maximum atomic E-state index is 13.1. The Balaban J connectivity index is 1.49. The summed E-state index contributed by atoms with van der Waals surface area (Å²) >= 11 is 1.41. The van der Waals surface area contributed by atoms with Crippen molar-refractivity contribution in [2.75, 3.05) is 11.9 Å². The third kappa shape index (κ3) is 4.92. The van der Waals surface area contributed by atoms with Gasteiger partial charge in [0, 0.05) is 23.8 Å². The minimum absolute atomic E-state index is 0.204. The van der Waals surface area contributed by atoms with Gasteiger partial charge in [-0.05, 0) is 60.5 Å². The normalized spacial score (nSPS) is 16.8. The first-order valence-corrected chi connectivity index (χ1v) is 11.6. The zero-order valence-electron chi connectivity index (χ0n) is 19.1. The third-order valence-electron chi connectivity index (χ3n) is 5.20. The fraction of sp³-hybridized carbons (Fsp3) is 0.636. The standard InChI is InChI=1S/C22H31N5O3S/c1-21(2,3)27-16(11-15(25-27)13-7-8-13)18(28)24-19-23-14-9-10-26(12-17(14)31-19)20(29)30-22(4,5)6/h11,13H,7-10,12H2,1-6H3,(H,23,24,28). The van der Waals surface area contributed by atoms with E-state index in [2.05, 4.69) is 10.3 Å². The molecule has 0 unspecified atom stereocenters. The number of amides is 2. The highest BCUT2D eigenvalue weighted by Crippen LogP contribution is 2.40. The lowest BCUT2D eigenvalue weighted by atomic mass is 10.1. The second-order valence-electron chi connectivity index (χ2n) is 10.3. The fourth-order valence-electron chi connectivity index (χ4n) is 3.54. The molecule has 31 heavy (non-hydrogen) atoms. The van der Waals surface area contributed by atoms with Crippen molar-refractivity contribution in [1.82, 2.24) is 19.7 Å². The van der Waals surface area contributed by atoms with Gasteiger partial charge in [0.25, 0.3) is 5.91 Å². The zero-order valence-corrected chi connectivity index (χ0v) is 19.9. The number of ether oxygens (including phenoxy) is 1. The summed E-state index contributed by atoms with van der Waals surface area (Å²) in [6.07, 6.45) is 2.59. The molecule has 1 aliphatic carbocycles. The molecule has 8 nitrogen and oxygen atoms in total. The van der Waals surface area contributed by atoms with Crippen LogP contribution in [0.5, 0.6) is 0 Å². The Morgan fingerprint density at radius 1 is 1.19 bits per heavy atom. The Bertz CT molecular complexity index is 1010. The third-order valence-corrected chi connectivity index (χ3v) is 6.19. The number of aromatic nitrogens is 3. The molecule has 2 aromatic heterocycles. The number of anilines is 1. The van der Waals surface area contributed by atoms with Gasteiger partial charge in [-0.3, -0.25) is 14.8 Å². The molecule has 168 valence electrons. The van der Waals surface area contributed by atoms with E-state index in [1.54, 1.807) is 4.90 Å². The van der Waals surface area contributed by atoms with E-state index in [1.807, 2.05) is 52.3 Å². The predicted molar refractivity (Wildman–Crippen MR) is 120 cm³/mol. The molecule has 4 rings (SSSR count). The van der Waals surface area contributed by atoms with E-state index >= 15 is 0 Å². The van der Waals surface area contributed by atoms with Crippen LogP contribution in [0.2, 0.25) is 0 Å². The van der Waals surface area contributed by atoms with Gasteiger partial charge in [0.05, 0.1) is 23.5 Å². The Kier molecular flexibility index (Phi) is 5.36. The van der Waals surface area contributed by atoms with Gasteiger partial charge in [0.15, 0.2) is 5.13 Å². The van der Waals surface area contributed by atoms with Crippen molar-refractivity contribution in [3.05, 3.63) is 28.0 Å². The molecule has 1 saturated carbocycles. The molecule has 1 fully saturated rings. The van der Waals surface area contributed by atoms with Crippen molar-refractivity contribution in [3.63, 3.8) is 0 Å². The number of thiazole rings is 1. The summed E-state index contributed by atoms with van der Waals surface area (Å²) in [6, 6.07) is 1.91. The van der Waals surface area contributed by atoms with Crippen molar-refractivity contribution in [3.8, 4) is 0 Å². The molecule has 0 bridgehead atoms. The minimum Gasteiger partial charge on any atom is -0.444 e. The molecule has 1 aliphatic heterocycles. The van der Waals surface area contributed by atoms with Crippen molar-refractivity contribution in [2.45, 2.75) is 84.4 Å². The summed E-state index contributed by atoms with van der Waals surface area (Å²) in [6.45, 7) is 12.7. The van der Waals surface area contributed by atoms with Gasteiger partial charge in [-0.15, -0.1) is 0 Å². The summed E-state index contributed by atoms with van der Waals surface area (Å²) in [7, 11) is 0.